The van der Waals surface area contributed by atoms with Gasteiger partial charge in [0.15, 0.2) is 0 Å². The highest BCUT2D eigenvalue weighted by atomic mass is 35.5. The van der Waals surface area contributed by atoms with Crippen molar-refractivity contribution in [1.82, 2.24) is 9.97 Å². The first-order chi connectivity index (χ1) is 6.40. The second-order valence-corrected chi connectivity index (χ2v) is 3.10. The van der Waals surface area contributed by atoms with Crippen LogP contribution in [0.2, 0.25) is 5.28 Å². The van der Waals surface area contributed by atoms with Crippen LogP contribution in [0.5, 0.6) is 0 Å². The topological polar surface area (TPSA) is 25.8 Å². The number of halogens is 4. The highest BCUT2D eigenvalue weighted by Crippen LogP contribution is 2.21. The first-order valence-electron chi connectivity index (χ1n) is 4.00. The van der Waals surface area contributed by atoms with Crippen LogP contribution < -0.4 is 0 Å². The molecular formula is C8H8ClF3N2. The third-order valence-electron chi connectivity index (χ3n) is 1.55. The maximum absolute atomic E-state index is 12.0. The summed E-state index contributed by atoms with van der Waals surface area (Å²) < 4.78 is 36.0. The van der Waals surface area contributed by atoms with Crippen molar-refractivity contribution in [2.24, 2.45) is 0 Å². The maximum atomic E-state index is 12.0. The highest BCUT2D eigenvalue weighted by Gasteiger charge is 2.28. The molecule has 2 nitrogen and oxygen atoms in total. The number of aromatic nitrogens is 2. The van der Waals surface area contributed by atoms with Gasteiger partial charge in [-0.3, -0.25) is 0 Å². The molecule has 0 aromatic carbocycles. The standard InChI is InChI=1S/C8H8ClF3N2/c1-2-5-3-6(4-8(10,11)12)14-7(9)13-5/h3H,2,4H2,1H3. The minimum Gasteiger partial charge on any atom is -0.223 e. The molecule has 0 bridgehead atoms. The molecule has 1 rings (SSSR count). The van der Waals surface area contributed by atoms with Gasteiger partial charge in [0.2, 0.25) is 5.28 Å². The van der Waals surface area contributed by atoms with Crippen molar-refractivity contribution < 1.29 is 13.2 Å². The number of aryl methyl sites for hydroxylation is 1. The normalized spacial score (nSPS) is 11.8. The average molecular weight is 225 g/mol. The summed E-state index contributed by atoms with van der Waals surface area (Å²) in [5.74, 6) is 0. The Morgan fingerprint density at radius 2 is 1.86 bits per heavy atom. The van der Waals surface area contributed by atoms with E-state index in [4.69, 9.17) is 11.6 Å². The lowest BCUT2D eigenvalue weighted by molar-refractivity contribution is -0.127. The van der Waals surface area contributed by atoms with E-state index in [0.29, 0.717) is 12.1 Å². The quantitative estimate of drug-likeness (QED) is 0.722. The van der Waals surface area contributed by atoms with E-state index in [9.17, 15) is 13.2 Å². The SMILES string of the molecule is CCc1cc(CC(F)(F)F)nc(Cl)n1. The molecule has 0 aliphatic rings. The van der Waals surface area contributed by atoms with Crippen LogP contribution in [0.4, 0.5) is 13.2 Å². The van der Waals surface area contributed by atoms with Crippen molar-refractivity contribution in [3.05, 3.63) is 22.7 Å². The molecule has 0 saturated carbocycles. The largest absolute Gasteiger partial charge is 0.394 e. The zero-order valence-corrected chi connectivity index (χ0v) is 8.15. The number of rotatable bonds is 2. The fraction of sp³-hybridized carbons (Fsp3) is 0.500. The maximum Gasteiger partial charge on any atom is 0.394 e. The van der Waals surface area contributed by atoms with E-state index >= 15 is 0 Å². The van der Waals surface area contributed by atoms with Crippen molar-refractivity contribution in [3.63, 3.8) is 0 Å². The van der Waals surface area contributed by atoms with E-state index in [1.165, 1.54) is 6.07 Å². The van der Waals surface area contributed by atoms with Crippen molar-refractivity contribution in [2.75, 3.05) is 0 Å². The summed E-state index contributed by atoms with van der Waals surface area (Å²) in [5, 5.41) is -0.136. The van der Waals surface area contributed by atoms with Crippen molar-refractivity contribution in [3.8, 4) is 0 Å². The van der Waals surface area contributed by atoms with E-state index in [1.54, 1.807) is 6.92 Å². The summed E-state index contributed by atoms with van der Waals surface area (Å²) in [6.07, 6.45) is -4.79. The van der Waals surface area contributed by atoms with Gasteiger partial charge in [0.1, 0.15) is 0 Å². The molecule has 0 radical (unpaired) electrons. The third-order valence-corrected chi connectivity index (χ3v) is 1.72. The van der Waals surface area contributed by atoms with Crippen LogP contribution in [0.25, 0.3) is 0 Å². The molecular weight excluding hydrogens is 217 g/mol. The molecule has 78 valence electrons. The molecule has 14 heavy (non-hydrogen) atoms. The second kappa shape index (κ2) is 4.13. The van der Waals surface area contributed by atoms with Crippen molar-refractivity contribution >= 4 is 11.6 Å². The summed E-state index contributed by atoms with van der Waals surface area (Å²) in [6, 6.07) is 1.32. The van der Waals surface area contributed by atoms with Gasteiger partial charge in [-0.2, -0.15) is 13.2 Å². The van der Waals surface area contributed by atoms with Gasteiger partial charge < -0.3 is 0 Å². The van der Waals surface area contributed by atoms with Gasteiger partial charge in [0, 0.05) is 5.69 Å². The van der Waals surface area contributed by atoms with E-state index in [1.807, 2.05) is 0 Å². The molecule has 0 atom stereocenters. The lowest BCUT2D eigenvalue weighted by atomic mass is 10.2. The summed E-state index contributed by atoms with van der Waals surface area (Å²) in [7, 11) is 0. The smallest absolute Gasteiger partial charge is 0.223 e. The van der Waals surface area contributed by atoms with E-state index < -0.39 is 12.6 Å². The fourth-order valence-electron chi connectivity index (χ4n) is 0.996. The molecule has 0 spiro atoms. The van der Waals surface area contributed by atoms with Gasteiger partial charge >= 0.3 is 6.18 Å². The van der Waals surface area contributed by atoms with Crippen molar-refractivity contribution in [2.45, 2.75) is 25.9 Å². The molecule has 1 heterocycles. The Kier molecular flexibility index (Phi) is 3.31. The molecule has 0 aliphatic heterocycles. The van der Waals surface area contributed by atoms with Crippen LogP contribution in [-0.2, 0) is 12.8 Å². The van der Waals surface area contributed by atoms with Crippen LogP contribution in [-0.4, -0.2) is 16.1 Å². The Balaban J connectivity index is 2.92. The zero-order chi connectivity index (χ0) is 10.8. The second-order valence-electron chi connectivity index (χ2n) is 2.77. The monoisotopic (exact) mass is 224 g/mol. The minimum atomic E-state index is -4.26. The summed E-state index contributed by atoms with van der Waals surface area (Å²) in [4.78, 5) is 7.27. The van der Waals surface area contributed by atoms with Gasteiger partial charge in [-0.15, -0.1) is 0 Å². The molecule has 0 aliphatic carbocycles. The van der Waals surface area contributed by atoms with Gasteiger partial charge in [-0.1, -0.05) is 6.92 Å². The zero-order valence-electron chi connectivity index (χ0n) is 7.40. The van der Waals surface area contributed by atoms with Crippen LogP contribution in [0.1, 0.15) is 18.3 Å². The lowest BCUT2D eigenvalue weighted by Gasteiger charge is -2.06. The number of hydrogen-bond donors (Lipinski definition) is 0. The Labute approximate surface area is 84.1 Å². The Morgan fingerprint density at radius 1 is 1.29 bits per heavy atom. The number of nitrogens with zero attached hydrogens (tertiary/aromatic N) is 2. The van der Waals surface area contributed by atoms with Crippen LogP contribution in [0, 0.1) is 0 Å². The van der Waals surface area contributed by atoms with Gasteiger partial charge in [0.25, 0.3) is 0 Å². The lowest BCUT2D eigenvalue weighted by Crippen LogP contribution is -2.13. The van der Waals surface area contributed by atoms with Crippen LogP contribution in [0.3, 0.4) is 0 Å². The van der Waals surface area contributed by atoms with Gasteiger partial charge in [-0.05, 0) is 24.1 Å². The number of hydrogen-bond acceptors (Lipinski definition) is 2. The van der Waals surface area contributed by atoms with Crippen LogP contribution in [0.15, 0.2) is 6.07 Å². The predicted octanol–water partition coefficient (Wildman–Crippen LogP) is 2.80. The van der Waals surface area contributed by atoms with E-state index in [0.717, 1.165) is 0 Å². The van der Waals surface area contributed by atoms with Crippen molar-refractivity contribution in [1.29, 1.82) is 0 Å². The van der Waals surface area contributed by atoms with Gasteiger partial charge in [-0.25, -0.2) is 9.97 Å². The molecule has 1 aromatic rings. The van der Waals surface area contributed by atoms with E-state index in [2.05, 4.69) is 9.97 Å². The molecule has 0 amide bonds. The highest BCUT2D eigenvalue weighted by molar-refractivity contribution is 6.28. The average Bonchev–Trinajstić information content (AvgIpc) is 1.99. The molecule has 0 fully saturated rings. The molecule has 0 N–H and O–H groups in total. The summed E-state index contributed by atoms with van der Waals surface area (Å²) in [5.41, 5.74) is 0.429. The Bertz CT molecular complexity index is 325. The van der Waals surface area contributed by atoms with E-state index in [-0.39, 0.29) is 11.0 Å². The first kappa shape index (κ1) is 11.2. The van der Waals surface area contributed by atoms with Gasteiger partial charge in [0.05, 0.1) is 12.1 Å². The first-order valence-corrected chi connectivity index (χ1v) is 4.37. The minimum absolute atomic E-state index is 0.0886. The molecule has 1 aromatic heterocycles. The number of alkyl halides is 3. The Hall–Kier alpha value is -0.840. The predicted molar refractivity (Wildman–Crippen MR) is 46.2 cm³/mol. The summed E-state index contributed by atoms with van der Waals surface area (Å²) in [6.45, 7) is 1.79. The molecule has 0 saturated heterocycles. The molecule has 6 heteroatoms. The third kappa shape index (κ3) is 3.49. The van der Waals surface area contributed by atoms with Crippen LogP contribution >= 0.6 is 11.6 Å². The summed E-state index contributed by atoms with van der Waals surface area (Å²) >= 11 is 5.47. The molecule has 0 unspecified atom stereocenters. The fourth-order valence-corrected chi connectivity index (χ4v) is 1.21. The Morgan fingerprint density at radius 3 is 2.36 bits per heavy atom.